The number of methoxy groups -OCH3 is 1. The highest BCUT2D eigenvalue weighted by Crippen LogP contribution is 3.10. The minimum Gasteiger partial charge on any atom is -0.469 e. The van der Waals surface area contributed by atoms with Crippen LogP contribution in [0.4, 0.5) is 0 Å². The van der Waals surface area contributed by atoms with Crippen LogP contribution in [0.25, 0.3) is 0 Å². The standard InChI is InChI=1S/C12H12O3/c1-15-10(14)12-7-4-8(12)6-9(12)5(7)11(4,6)2-3-13/h3-9H,2H2,1H3. The van der Waals surface area contributed by atoms with Gasteiger partial charge < -0.3 is 9.53 Å². The number of hydrogen-bond acceptors (Lipinski definition) is 3. The fourth-order valence-electron chi connectivity index (χ4n) is 6.89. The number of carbonyl (C=O) groups excluding carboxylic acids is 2. The second-order valence-corrected chi connectivity index (χ2v) is 6.06. The first-order chi connectivity index (χ1) is 7.27. The van der Waals surface area contributed by atoms with Crippen LogP contribution in [0.1, 0.15) is 6.42 Å². The van der Waals surface area contributed by atoms with E-state index in [4.69, 9.17) is 4.74 Å². The van der Waals surface area contributed by atoms with Gasteiger partial charge in [-0.15, -0.1) is 0 Å². The van der Waals surface area contributed by atoms with Gasteiger partial charge in [0.2, 0.25) is 0 Å². The van der Waals surface area contributed by atoms with E-state index in [-0.39, 0.29) is 11.4 Å². The lowest BCUT2D eigenvalue weighted by atomic mass is 8.92. The molecule has 78 valence electrons. The summed E-state index contributed by atoms with van der Waals surface area (Å²) in [5, 5.41) is 0. The van der Waals surface area contributed by atoms with E-state index in [9.17, 15) is 9.59 Å². The first-order valence-electron chi connectivity index (χ1n) is 5.80. The molecule has 0 amide bonds. The van der Waals surface area contributed by atoms with Crippen molar-refractivity contribution in [2.24, 2.45) is 46.3 Å². The number of aldehydes is 1. The predicted molar refractivity (Wildman–Crippen MR) is 48.5 cm³/mol. The molecule has 6 saturated carbocycles. The highest BCUT2D eigenvalue weighted by molar-refractivity contribution is 5.88. The van der Waals surface area contributed by atoms with Gasteiger partial charge in [0.1, 0.15) is 6.29 Å². The molecule has 6 aliphatic carbocycles. The molecule has 6 fully saturated rings. The molecule has 0 heterocycles. The molecule has 0 aromatic heterocycles. The Labute approximate surface area is 87.2 Å². The molecule has 0 spiro atoms. The Balaban J connectivity index is 1.54. The molecule has 0 unspecified atom stereocenters. The maximum atomic E-state index is 11.8. The Kier molecular flexibility index (Phi) is 0.776. The molecule has 6 aliphatic rings. The average molecular weight is 204 g/mol. The van der Waals surface area contributed by atoms with E-state index in [1.54, 1.807) is 0 Å². The average Bonchev–Trinajstić information content (AvgIpc) is 2.29. The van der Waals surface area contributed by atoms with Crippen molar-refractivity contribution in [2.45, 2.75) is 6.42 Å². The van der Waals surface area contributed by atoms with Crippen molar-refractivity contribution in [3.8, 4) is 0 Å². The summed E-state index contributed by atoms with van der Waals surface area (Å²) in [5.41, 5.74) is 0.372. The Morgan fingerprint density at radius 3 is 2.13 bits per heavy atom. The van der Waals surface area contributed by atoms with Gasteiger partial charge in [0.05, 0.1) is 12.5 Å². The van der Waals surface area contributed by atoms with Crippen LogP contribution in [0, 0.1) is 46.3 Å². The first kappa shape index (κ1) is 7.42. The van der Waals surface area contributed by atoms with Crippen LogP contribution in [0.5, 0.6) is 0 Å². The molecule has 0 radical (unpaired) electrons. The van der Waals surface area contributed by atoms with Crippen LogP contribution in [-0.4, -0.2) is 19.4 Å². The third kappa shape index (κ3) is 0.322. The fraction of sp³-hybridized carbons (Fsp3) is 0.833. The van der Waals surface area contributed by atoms with Crippen molar-refractivity contribution >= 4 is 12.3 Å². The van der Waals surface area contributed by atoms with Gasteiger partial charge in [0.15, 0.2) is 0 Å². The van der Waals surface area contributed by atoms with Crippen molar-refractivity contribution in [3.63, 3.8) is 0 Å². The second-order valence-electron chi connectivity index (χ2n) is 6.06. The van der Waals surface area contributed by atoms with Crippen LogP contribution >= 0.6 is 0 Å². The third-order valence-corrected chi connectivity index (χ3v) is 6.81. The number of carbonyl (C=O) groups is 2. The van der Waals surface area contributed by atoms with Gasteiger partial charge >= 0.3 is 5.97 Å². The fourth-order valence-corrected chi connectivity index (χ4v) is 6.89. The number of hydrogen-bond donors (Lipinski definition) is 0. The Morgan fingerprint density at radius 1 is 1.20 bits per heavy atom. The van der Waals surface area contributed by atoms with Crippen molar-refractivity contribution in [1.29, 1.82) is 0 Å². The summed E-state index contributed by atoms with van der Waals surface area (Å²) in [6.07, 6.45) is 1.85. The van der Waals surface area contributed by atoms with Crippen LogP contribution in [-0.2, 0) is 14.3 Å². The van der Waals surface area contributed by atoms with E-state index in [2.05, 4.69) is 0 Å². The highest BCUT2D eigenvalue weighted by Gasteiger charge is 3.11. The van der Waals surface area contributed by atoms with Crippen LogP contribution in [0.2, 0.25) is 0 Å². The summed E-state index contributed by atoms with van der Waals surface area (Å²) in [6.45, 7) is 0. The summed E-state index contributed by atoms with van der Waals surface area (Å²) in [5.74, 6) is 4.07. The van der Waals surface area contributed by atoms with Gasteiger partial charge in [-0.3, -0.25) is 4.79 Å². The number of esters is 1. The highest BCUT2D eigenvalue weighted by atomic mass is 16.5. The quantitative estimate of drug-likeness (QED) is 0.496. The lowest BCUT2D eigenvalue weighted by Crippen LogP contribution is -3.10. The monoisotopic (exact) mass is 204 g/mol. The molecule has 15 heavy (non-hydrogen) atoms. The number of rotatable bonds is 3. The minimum atomic E-state index is -0.0284. The maximum absolute atomic E-state index is 11.8. The molecule has 0 aromatic carbocycles. The van der Waals surface area contributed by atoms with E-state index in [0.29, 0.717) is 23.2 Å². The molecule has 0 bridgehead atoms. The van der Waals surface area contributed by atoms with Crippen molar-refractivity contribution in [1.82, 2.24) is 0 Å². The molecule has 3 heteroatoms. The molecule has 6 rings (SSSR count). The lowest BCUT2D eigenvalue weighted by molar-refractivity contribution is -0.642. The van der Waals surface area contributed by atoms with E-state index < -0.39 is 0 Å². The van der Waals surface area contributed by atoms with Gasteiger partial charge in [0, 0.05) is 6.42 Å². The normalized spacial score (nSPS) is 72.3. The summed E-state index contributed by atoms with van der Waals surface area (Å²) in [6, 6.07) is 0. The van der Waals surface area contributed by atoms with Gasteiger partial charge in [-0.2, -0.15) is 0 Å². The third-order valence-electron chi connectivity index (χ3n) is 6.81. The van der Waals surface area contributed by atoms with Gasteiger partial charge in [-0.05, 0) is 40.9 Å². The summed E-state index contributed by atoms with van der Waals surface area (Å²) in [7, 11) is 1.51. The van der Waals surface area contributed by atoms with E-state index >= 15 is 0 Å². The topological polar surface area (TPSA) is 43.4 Å². The van der Waals surface area contributed by atoms with Crippen LogP contribution < -0.4 is 0 Å². The molecule has 0 N–H and O–H groups in total. The smallest absolute Gasteiger partial charge is 0.312 e. The predicted octanol–water partition coefficient (Wildman–Crippen LogP) is 0.486. The molecule has 0 atom stereocenters. The van der Waals surface area contributed by atoms with E-state index in [1.807, 2.05) is 0 Å². The zero-order chi connectivity index (χ0) is 10.2. The summed E-state index contributed by atoms with van der Waals surface area (Å²) in [4.78, 5) is 22.4. The molecular weight excluding hydrogens is 192 g/mol. The largest absolute Gasteiger partial charge is 0.469 e. The maximum Gasteiger partial charge on any atom is 0.312 e. The van der Waals surface area contributed by atoms with Crippen molar-refractivity contribution in [3.05, 3.63) is 0 Å². The second kappa shape index (κ2) is 1.57. The van der Waals surface area contributed by atoms with Gasteiger partial charge in [-0.1, -0.05) is 0 Å². The van der Waals surface area contributed by atoms with Gasteiger partial charge in [0.25, 0.3) is 0 Å². The summed E-state index contributed by atoms with van der Waals surface area (Å²) >= 11 is 0. The van der Waals surface area contributed by atoms with Crippen molar-refractivity contribution in [2.75, 3.05) is 7.11 Å². The van der Waals surface area contributed by atoms with Crippen molar-refractivity contribution < 1.29 is 14.3 Å². The number of ether oxygens (including phenoxy) is 1. The van der Waals surface area contributed by atoms with Crippen LogP contribution in [0.15, 0.2) is 0 Å². The summed E-state index contributed by atoms with van der Waals surface area (Å²) < 4.78 is 4.94. The van der Waals surface area contributed by atoms with E-state index in [1.165, 1.54) is 7.11 Å². The zero-order valence-electron chi connectivity index (χ0n) is 8.47. The molecule has 0 aliphatic heterocycles. The molecular formula is C12H12O3. The van der Waals surface area contributed by atoms with Gasteiger partial charge in [-0.25, -0.2) is 0 Å². The Hall–Kier alpha value is -0.860. The molecule has 0 aromatic rings. The minimum absolute atomic E-state index is 0.0284. The zero-order valence-corrected chi connectivity index (χ0v) is 8.47. The molecule has 0 saturated heterocycles. The Bertz CT molecular complexity index is 385. The lowest BCUT2D eigenvalue weighted by Gasteiger charge is -3.10. The Morgan fingerprint density at radius 2 is 1.73 bits per heavy atom. The van der Waals surface area contributed by atoms with Crippen LogP contribution in [0.3, 0.4) is 0 Å². The SMILES string of the molecule is COC(=O)C12C3C4C1C1C2C3C41CC=O. The van der Waals surface area contributed by atoms with E-state index in [0.717, 1.165) is 30.5 Å². The first-order valence-corrected chi connectivity index (χ1v) is 5.80. The molecule has 3 nitrogen and oxygen atoms in total.